The Labute approximate surface area is 146 Å². The fourth-order valence-corrected chi connectivity index (χ4v) is 2.09. The van der Waals surface area contributed by atoms with Crippen LogP contribution in [-0.2, 0) is 16.1 Å². The molecule has 2 aromatic rings. The number of phenols is 1. The molecule has 2 amide bonds. The van der Waals surface area contributed by atoms with Crippen LogP contribution in [0.1, 0.15) is 36.5 Å². The molecular formula is C19H21N3O3. The van der Waals surface area contributed by atoms with Crippen molar-refractivity contribution in [3.63, 3.8) is 0 Å². The Morgan fingerprint density at radius 2 is 1.76 bits per heavy atom. The van der Waals surface area contributed by atoms with Crippen molar-refractivity contribution in [3.05, 3.63) is 65.2 Å². The molecule has 0 saturated carbocycles. The summed E-state index contributed by atoms with van der Waals surface area (Å²) in [6.45, 7) is 4.47. The van der Waals surface area contributed by atoms with Crippen molar-refractivity contribution >= 4 is 18.0 Å². The molecule has 0 unspecified atom stereocenters. The summed E-state index contributed by atoms with van der Waals surface area (Å²) in [5.41, 5.74) is 4.68. The first-order chi connectivity index (χ1) is 12.0. The molecule has 0 fully saturated rings. The first-order valence-corrected chi connectivity index (χ1v) is 7.95. The molecule has 2 rings (SSSR count). The number of carbonyl (C=O) groups is 2. The van der Waals surface area contributed by atoms with Gasteiger partial charge in [0.2, 0.25) is 0 Å². The SMILES string of the molecule is CC(C)c1ccc(CNC(=O)C(=O)N/N=C/c2ccccc2O)cc1. The van der Waals surface area contributed by atoms with Crippen molar-refractivity contribution in [1.82, 2.24) is 10.7 Å². The normalized spacial score (nSPS) is 10.8. The minimum atomic E-state index is -0.870. The Morgan fingerprint density at radius 1 is 1.08 bits per heavy atom. The molecule has 0 aliphatic heterocycles. The van der Waals surface area contributed by atoms with E-state index in [1.54, 1.807) is 18.2 Å². The summed E-state index contributed by atoms with van der Waals surface area (Å²) in [6, 6.07) is 14.4. The largest absolute Gasteiger partial charge is 0.507 e. The molecule has 6 heteroatoms. The molecule has 0 radical (unpaired) electrons. The van der Waals surface area contributed by atoms with Crippen LogP contribution in [0.15, 0.2) is 53.6 Å². The quantitative estimate of drug-likeness (QED) is 0.443. The van der Waals surface area contributed by atoms with Crippen LogP contribution in [0.4, 0.5) is 0 Å². The number of para-hydroxylation sites is 1. The summed E-state index contributed by atoms with van der Waals surface area (Å²) in [5, 5.41) is 15.8. The molecule has 0 aromatic heterocycles. The standard InChI is InChI=1S/C19H21N3O3/c1-13(2)15-9-7-14(8-10-15)11-20-18(24)19(25)22-21-12-16-5-3-4-6-17(16)23/h3-10,12-13,23H,11H2,1-2H3,(H,20,24)(H,22,25)/b21-12+. The molecule has 0 spiro atoms. The number of hydrazone groups is 1. The fraction of sp³-hybridized carbons (Fsp3) is 0.211. The Hall–Kier alpha value is -3.15. The predicted octanol–water partition coefficient (Wildman–Crippen LogP) is 2.28. The third-order valence-corrected chi connectivity index (χ3v) is 3.61. The molecule has 0 bridgehead atoms. The highest BCUT2D eigenvalue weighted by Crippen LogP contribution is 2.14. The van der Waals surface area contributed by atoms with E-state index in [9.17, 15) is 14.7 Å². The van der Waals surface area contributed by atoms with Gasteiger partial charge >= 0.3 is 11.8 Å². The lowest BCUT2D eigenvalue weighted by Crippen LogP contribution is -2.37. The van der Waals surface area contributed by atoms with Crippen LogP contribution in [0.25, 0.3) is 0 Å². The lowest BCUT2D eigenvalue weighted by Gasteiger charge is -2.07. The summed E-state index contributed by atoms with van der Waals surface area (Å²) in [4.78, 5) is 23.4. The van der Waals surface area contributed by atoms with Crippen LogP contribution < -0.4 is 10.7 Å². The van der Waals surface area contributed by atoms with Gasteiger partial charge in [0.1, 0.15) is 5.75 Å². The summed E-state index contributed by atoms with van der Waals surface area (Å²) in [5.74, 6) is -1.17. The third-order valence-electron chi connectivity index (χ3n) is 3.61. The number of rotatable bonds is 5. The van der Waals surface area contributed by atoms with Crippen LogP contribution >= 0.6 is 0 Å². The van der Waals surface area contributed by atoms with Crippen molar-refractivity contribution in [2.75, 3.05) is 0 Å². The smallest absolute Gasteiger partial charge is 0.329 e. The van der Waals surface area contributed by atoms with Gasteiger partial charge in [-0.2, -0.15) is 5.10 Å². The second kappa shape index (κ2) is 8.63. The molecule has 0 saturated heterocycles. The van der Waals surface area contributed by atoms with E-state index in [-0.39, 0.29) is 12.3 Å². The number of aromatic hydroxyl groups is 1. The van der Waals surface area contributed by atoms with E-state index in [2.05, 4.69) is 29.7 Å². The molecule has 3 N–H and O–H groups in total. The van der Waals surface area contributed by atoms with Crippen molar-refractivity contribution in [1.29, 1.82) is 0 Å². The number of hydrogen-bond acceptors (Lipinski definition) is 4. The van der Waals surface area contributed by atoms with Gasteiger partial charge in [-0.3, -0.25) is 9.59 Å². The summed E-state index contributed by atoms with van der Waals surface area (Å²) >= 11 is 0. The summed E-state index contributed by atoms with van der Waals surface area (Å²) in [7, 11) is 0. The van der Waals surface area contributed by atoms with Crippen molar-refractivity contribution in [2.45, 2.75) is 26.3 Å². The van der Waals surface area contributed by atoms with E-state index in [4.69, 9.17) is 0 Å². The van der Waals surface area contributed by atoms with E-state index in [1.807, 2.05) is 24.3 Å². The minimum absolute atomic E-state index is 0.0368. The number of nitrogens with zero attached hydrogens (tertiary/aromatic N) is 1. The van der Waals surface area contributed by atoms with E-state index >= 15 is 0 Å². The lowest BCUT2D eigenvalue weighted by molar-refractivity contribution is -0.139. The second-order valence-electron chi connectivity index (χ2n) is 5.84. The average Bonchev–Trinajstić information content (AvgIpc) is 2.61. The van der Waals surface area contributed by atoms with Gasteiger partial charge in [-0.05, 0) is 29.2 Å². The van der Waals surface area contributed by atoms with Crippen LogP contribution in [-0.4, -0.2) is 23.1 Å². The highest BCUT2D eigenvalue weighted by Gasteiger charge is 2.12. The fourth-order valence-electron chi connectivity index (χ4n) is 2.09. The topological polar surface area (TPSA) is 90.8 Å². The van der Waals surface area contributed by atoms with Gasteiger partial charge in [0.15, 0.2) is 0 Å². The molecule has 0 atom stereocenters. The Kier molecular flexibility index (Phi) is 6.28. The highest BCUT2D eigenvalue weighted by molar-refractivity contribution is 6.35. The zero-order valence-electron chi connectivity index (χ0n) is 14.2. The van der Waals surface area contributed by atoms with Crippen LogP contribution in [0.3, 0.4) is 0 Å². The molecule has 130 valence electrons. The minimum Gasteiger partial charge on any atom is -0.507 e. The van der Waals surface area contributed by atoms with E-state index in [1.165, 1.54) is 17.8 Å². The van der Waals surface area contributed by atoms with Gasteiger partial charge in [-0.15, -0.1) is 0 Å². The van der Waals surface area contributed by atoms with Gasteiger partial charge in [0.25, 0.3) is 0 Å². The van der Waals surface area contributed by atoms with Gasteiger partial charge in [-0.25, -0.2) is 5.43 Å². The molecule has 0 aliphatic carbocycles. The van der Waals surface area contributed by atoms with Crippen LogP contribution in [0.5, 0.6) is 5.75 Å². The van der Waals surface area contributed by atoms with Gasteiger partial charge in [0, 0.05) is 12.1 Å². The molecule has 0 heterocycles. The Bertz CT molecular complexity index is 768. The maximum Gasteiger partial charge on any atom is 0.329 e. The lowest BCUT2D eigenvalue weighted by atomic mass is 10.0. The van der Waals surface area contributed by atoms with Crippen molar-refractivity contribution in [3.8, 4) is 5.75 Å². The highest BCUT2D eigenvalue weighted by atomic mass is 16.3. The number of carbonyl (C=O) groups excluding carboxylic acids is 2. The zero-order chi connectivity index (χ0) is 18.2. The molecular weight excluding hydrogens is 318 g/mol. The number of hydrogen-bond donors (Lipinski definition) is 3. The van der Waals surface area contributed by atoms with E-state index in [0.717, 1.165) is 5.56 Å². The van der Waals surface area contributed by atoms with Gasteiger partial charge in [-0.1, -0.05) is 50.2 Å². The molecule has 0 aliphatic rings. The van der Waals surface area contributed by atoms with Gasteiger partial charge < -0.3 is 10.4 Å². The molecule has 6 nitrogen and oxygen atoms in total. The maximum atomic E-state index is 11.8. The number of nitrogens with one attached hydrogen (secondary N) is 2. The van der Waals surface area contributed by atoms with Crippen LogP contribution in [0, 0.1) is 0 Å². The first-order valence-electron chi connectivity index (χ1n) is 7.95. The zero-order valence-corrected chi connectivity index (χ0v) is 14.2. The van der Waals surface area contributed by atoms with Crippen molar-refractivity contribution < 1.29 is 14.7 Å². The van der Waals surface area contributed by atoms with Gasteiger partial charge in [0.05, 0.1) is 6.21 Å². The van der Waals surface area contributed by atoms with Crippen LogP contribution in [0.2, 0.25) is 0 Å². The first kappa shape index (κ1) is 18.2. The average molecular weight is 339 g/mol. The number of amides is 2. The summed E-state index contributed by atoms with van der Waals surface area (Å²) in [6.07, 6.45) is 1.27. The summed E-state index contributed by atoms with van der Waals surface area (Å²) < 4.78 is 0. The Balaban J connectivity index is 1.82. The molecule has 2 aromatic carbocycles. The van der Waals surface area contributed by atoms with E-state index < -0.39 is 11.8 Å². The van der Waals surface area contributed by atoms with E-state index in [0.29, 0.717) is 11.5 Å². The third kappa shape index (κ3) is 5.46. The number of benzene rings is 2. The Morgan fingerprint density at radius 3 is 2.40 bits per heavy atom. The van der Waals surface area contributed by atoms with Crippen molar-refractivity contribution in [2.24, 2.45) is 5.10 Å². The molecule has 25 heavy (non-hydrogen) atoms. The maximum absolute atomic E-state index is 11.8. The second-order valence-corrected chi connectivity index (χ2v) is 5.84. The predicted molar refractivity (Wildman–Crippen MR) is 96.2 cm³/mol. The monoisotopic (exact) mass is 339 g/mol. The number of phenolic OH excluding ortho intramolecular Hbond substituents is 1.